The largest absolute Gasteiger partial charge is 0.497 e. The van der Waals surface area contributed by atoms with Gasteiger partial charge in [-0.05, 0) is 41.1 Å². The Bertz CT molecular complexity index is 1090. The molecule has 4 aromatic rings. The second-order valence-electron chi connectivity index (χ2n) is 5.76. The number of nitrogens with zero attached hydrogens (tertiary/aromatic N) is 2. The van der Waals surface area contributed by atoms with Gasteiger partial charge in [-0.15, -0.1) is 5.11 Å². The van der Waals surface area contributed by atoms with Crippen molar-refractivity contribution in [3.8, 4) is 23.0 Å². The molecule has 0 aliphatic heterocycles. The van der Waals surface area contributed by atoms with Crippen LogP contribution in [0.1, 0.15) is 0 Å². The predicted molar refractivity (Wildman–Crippen MR) is 100 cm³/mol. The number of hydrogen-bond acceptors (Lipinski definition) is 5. The molecule has 0 radical (unpaired) electrons. The van der Waals surface area contributed by atoms with Gasteiger partial charge in [0.1, 0.15) is 11.5 Å². The molecular formula is C21H16N2O3. The Morgan fingerprint density at radius 1 is 0.846 bits per heavy atom. The van der Waals surface area contributed by atoms with Crippen LogP contribution < -0.4 is 4.74 Å². The summed E-state index contributed by atoms with van der Waals surface area (Å²) in [5.41, 5.74) is 1.84. The van der Waals surface area contributed by atoms with Gasteiger partial charge in [0.2, 0.25) is 0 Å². The first-order valence-corrected chi connectivity index (χ1v) is 8.11. The lowest BCUT2D eigenvalue weighted by Gasteiger charge is -2.04. The molecule has 0 fully saturated rings. The number of benzene rings is 3. The van der Waals surface area contributed by atoms with E-state index < -0.39 is 0 Å². The van der Waals surface area contributed by atoms with Gasteiger partial charge in [-0.25, -0.2) is 0 Å². The van der Waals surface area contributed by atoms with Crippen molar-refractivity contribution in [2.45, 2.75) is 0 Å². The molecule has 0 aliphatic carbocycles. The van der Waals surface area contributed by atoms with E-state index in [1.54, 1.807) is 13.2 Å². The Kier molecular flexibility index (Phi) is 4.11. The molecule has 0 spiro atoms. The van der Waals surface area contributed by atoms with Crippen LogP contribution in [-0.4, -0.2) is 12.2 Å². The summed E-state index contributed by atoms with van der Waals surface area (Å²) in [6, 6.07) is 22.8. The molecule has 0 atom stereocenters. The average molecular weight is 344 g/mol. The van der Waals surface area contributed by atoms with Gasteiger partial charge in [0, 0.05) is 11.6 Å². The third-order valence-electron chi connectivity index (χ3n) is 4.05. The van der Waals surface area contributed by atoms with Gasteiger partial charge in [0.15, 0.2) is 5.69 Å². The summed E-state index contributed by atoms with van der Waals surface area (Å²) < 4.78 is 10.7. The molecule has 0 bridgehead atoms. The van der Waals surface area contributed by atoms with Gasteiger partial charge in [0.25, 0.3) is 0 Å². The molecule has 1 N–H and O–H groups in total. The third-order valence-corrected chi connectivity index (χ3v) is 4.05. The summed E-state index contributed by atoms with van der Waals surface area (Å²) in [5, 5.41) is 20.3. The van der Waals surface area contributed by atoms with E-state index in [9.17, 15) is 5.11 Å². The maximum absolute atomic E-state index is 10.0. The van der Waals surface area contributed by atoms with Crippen molar-refractivity contribution in [1.82, 2.24) is 0 Å². The SMILES string of the molecule is COc1ccc2cc(-c3cc(N=Nc4ccccc4)c(O)o3)ccc2c1. The minimum Gasteiger partial charge on any atom is -0.497 e. The molecule has 4 rings (SSSR count). The van der Waals surface area contributed by atoms with Gasteiger partial charge >= 0.3 is 5.95 Å². The molecule has 3 aromatic carbocycles. The van der Waals surface area contributed by atoms with E-state index >= 15 is 0 Å². The van der Waals surface area contributed by atoms with Crippen molar-refractivity contribution in [1.29, 1.82) is 0 Å². The standard InChI is InChI=1S/C21H16N2O3/c1-25-18-10-9-14-11-16(8-7-15(14)12-18)20-13-19(21(24)26-20)23-22-17-5-3-2-4-6-17/h2-13,24H,1H3. The molecule has 0 amide bonds. The minimum atomic E-state index is -0.255. The molecule has 1 aromatic heterocycles. The van der Waals surface area contributed by atoms with E-state index in [0.717, 1.165) is 22.1 Å². The summed E-state index contributed by atoms with van der Waals surface area (Å²) in [7, 11) is 1.65. The van der Waals surface area contributed by atoms with Gasteiger partial charge < -0.3 is 14.3 Å². The Balaban J connectivity index is 1.66. The van der Waals surface area contributed by atoms with E-state index in [1.165, 1.54) is 0 Å². The van der Waals surface area contributed by atoms with Gasteiger partial charge in [0.05, 0.1) is 12.8 Å². The maximum atomic E-state index is 10.0. The van der Waals surface area contributed by atoms with Crippen molar-refractivity contribution in [3.05, 3.63) is 72.8 Å². The highest BCUT2D eigenvalue weighted by atomic mass is 16.5. The molecule has 5 nitrogen and oxygen atoms in total. The zero-order valence-corrected chi connectivity index (χ0v) is 14.1. The van der Waals surface area contributed by atoms with E-state index in [0.29, 0.717) is 17.1 Å². The number of methoxy groups -OCH3 is 1. The van der Waals surface area contributed by atoms with Crippen molar-refractivity contribution in [2.24, 2.45) is 10.2 Å². The Morgan fingerprint density at radius 2 is 1.62 bits per heavy atom. The quantitative estimate of drug-likeness (QED) is 0.446. The fourth-order valence-corrected chi connectivity index (χ4v) is 2.70. The summed E-state index contributed by atoms with van der Waals surface area (Å²) in [5.74, 6) is 1.08. The van der Waals surface area contributed by atoms with Crippen LogP contribution >= 0.6 is 0 Å². The predicted octanol–water partition coefficient (Wildman–Crippen LogP) is 6.23. The van der Waals surface area contributed by atoms with Crippen molar-refractivity contribution in [2.75, 3.05) is 7.11 Å². The molecular weight excluding hydrogens is 328 g/mol. The number of rotatable bonds is 4. The number of azo groups is 1. The summed E-state index contributed by atoms with van der Waals surface area (Å²) in [6.45, 7) is 0. The monoisotopic (exact) mass is 344 g/mol. The molecule has 5 heteroatoms. The average Bonchev–Trinajstić information content (AvgIpc) is 3.07. The Hall–Kier alpha value is -3.60. The van der Waals surface area contributed by atoms with Gasteiger partial charge in [-0.3, -0.25) is 0 Å². The number of furan rings is 1. The van der Waals surface area contributed by atoms with Crippen molar-refractivity contribution in [3.63, 3.8) is 0 Å². The first kappa shape index (κ1) is 15.9. The van der Waals surface area contributed by atoms with Crippen LogP contribution in [0.25, 0.3) is 22.1 Å². The van der Waals surface area contributed by atoms with Crippen LogP contribution in [0.4, 0.5) is 11.4 Å². The topological polar surface area (TPSA) is 67.3 Å². The normalized spacial score (nSPS) is 11.3. The van der Waals surface area contributed by atoms with Gasteiger partial charge in [-0.1, -0.05) is 36.4 Å². The zero-order valence-electron chi connectivity index (χ0n) is 14.1. The molecule has 0 unspecified atom stereocenters. The van der Waals surface area contributed by atoms with Crippen LogP contribution in [0.2, 0.25) is 0 Å². The molecule has 1 heterocycles. The Morgan fingerprint density at radius 3 is 2.42 bits per heavy atom. The van der Waals surface area contributed by atoms with Crippen LogP contribution in [0.3, 0.4) is 0 Å². The number of hydrogen-bond donors (Lipinski definition) is 1. The highest BCUT2D eigenvalue weighted by molar-refractivity contribution is 5.88. The summed E-state index contributed by atoms with van der Waals surface area (Å²) in [4.78, 5) is 0. The minimum absolute atomic E-state index is 0.255. The molecule has 128 valence electrons. The second kappa shape index (κ2) is 6.72. The first-order chi connectivity index (χ1) is 12.7. The number of ether oxygens (including phenoxy) is 1. The third kappa shape index (κ3) is 3.15. The van der Waals surface area contributed by atoms with E-state index in [1.807, 2.05) is 66.7 Å². The van der Waals surface area contributed by atoms with E-state index in [4.69, 9.17) is 9.15 Å². The number of fused-ring (bicyclic) bond motifs is 1. The highest BCUT2D eigenvalue weighted by Crippen LogP contribution is 2.37. The molecule has 26 heavy (non-hydrogen) atoms. The lowest BCUT2D eigenvalue weighted by atomic mass is 10.1. The van der Waals surface area contributed by atoms with E-state index in [2.05, 4.69) is 10.2 Å². The summed E-state index contributed by atoms with van der Waals surface area (Å²) in [6.07, 6.45) is 0. The first-order valence-electron chi connectivity index (χ1n) is 8.11. The fourth-order valence-electron chi connectivity index (χ4n) is 2.70. The maximum Gasteiger partial charge on any atom is 0.311 e. The highest BCUT2D eigenvalue weighted by Gasteiger charge is 2.12. The lowest BCUT2D eigenvalue weighted by molar-refractivity contribution is 0.339. The molecule has 0 saturated carbocycles. The Labute approximate surface area is 150 Å². The second-order valence-corrected chi connectivity index (χ2v) is 5.76. The van der Waals surface area contributed by atoms with Crippen LogP contribution in [0.15, 0.2) is 87.4 Å². The number of aromatic hydroxyl groups is 1. The zero-order chi connectivity index (χ0) is 17.9. The van der Waals surface area contributed by atoms with Crippen LogP contribution in [0, 0.1) is 0 Å². The molecule has 0 saturated heterocycles. The van der Waals surface area contributed by atoms with Crippen molar-refractivity contribution >= 4 is 22.1 Å². The van der Waals surface area contributed by atoms with Crippen LogP contribution in [0.5, 0.6) is 11.7 Å². The van der Waals surface area contributed by atoms with Gasteiger partial charge in [-0.2, -0.15) is 5.11 Å². The summed E-state index contributed by atoms with van der Waals surface area (Å²) >= 11 is 0. The fraction of sp³-hybridized carbons (Fsp3) is 0.0476. The van der Waals surface area contributed by atoms with E-state index in [-0.39, 0.29) is 5.95 Å². The molecule has 0 aliphatic rings. The smallest absolute Gasteiger partial charge is 0.311 e. The van der Waals surface area contributed by atoms with Crippen LogP contribution in [-0.2, 0) is 0 Å². The van der Waals surface area contributed by atoms with Crippen molar-refractivity contribution < 1.29 is 14.3 Å². The lowest BCUT2D eigenvalue weighted by Crippen LogP contribution is -1.82.